The molecule has 0 saturated carbocycles. The highest BCUT2D eigenvalue weighted by molar-refractivity contribution is 6.30. The molecule has 4 aromatic carbocycles. The Balaban J connectivity index is 0.000000178. The van der Waals surface area contributed by atoms with E-state index < -0.39 is 0 Å². The van der Waals surface area contributed by atoms with Gasteiger partial charge < -0.3 is 5.11 Å². The molecule has 6 rings (SSSR count). The van der Waals surface area contributed by atoms with E-state index >= 15 is 0 Å². The molecule has 2 saturated heterocycles. The summed E-state index contributed by atoms with van der Waals surface area (Å²) in [7, 11) is 0. The lowest BCUT2D eigenvalue weighted by Crippen LogP contribution is -2.42. The normalized spacial score (nSPS) is 23.1. The maximum Gasteiger partial charge on any atom is 0.0547 e. The van der Waals surface area contributed by atoms with Crippen molar-refractivity contribution in [1.29, 1.82) is 0 Å². The first-order valence-electron chi connectivity index (χ1n) is 16.6. The van der Waals surface area contributed by atoms with Crippen molar-refractivity contribution in [2.24, 2.45) is 11.8 Å². The fourth-order valence-electron chi connectivity index (χ4n) is 7.29. The van der Waals surface area contributed by atoms with Gasteiger partial charge in [-0.1, -0.05) is 121 Å². The van der Waals surface area contributed by atoms with Crippen molar-refractivity contribution in [3.8, 4) is 0 Å². The first kappa shape index (κ1) is 33.7. The largest absolute Gasteiger partial charge is 0.393 e. The average Bonchev–Trinajstić information content (AvgIpc) is 3.06. The summed E-state index contributed by atoms with van der Waals surface area (Å²) in [4.78, 5) is 5.09. The first-order valence-corrected chi connectivity index (χ1v) is 17.4. The summed E-state index contributed by atoms with van der Waals surface area (Å²) < 4.78 is 0. The first-order chi connectivity index (χ1) is 21.9. The van der Waals surface area contributed by atoms with Crippen LogP contribution in [0.1, 0.15) is 67.2 Å². The van der Waals surface area contributed by atoms with Gasteiger partial charge in [0.2, 0.25) is 0 Å². The second-order valence-corrected chi connectivity index (χ2v) is 13.8. The molecule has 0 radical (unpaired) electrons. The predicted octanol–water partition coefficient (Wildman–Crippen LogP) is 9.68. The Morgan fingerprint density at radius 3 is 1.56 bits per heavy atom. The van der Waals surface area contributed by atoms with Gasteiger partial charge in [0.05, 0.1) is 6.10 Å². The second-order valence-electron chi connectivity index (χ2n) is 12.9. The lowest BCUT2D eigenvalue weighted by molar-refractivity contribution is 0.0520. The quantitative estimate of drug-likeness (QED) is 0.207. The van der Waals surface area contributed by atoms with E-state index in [1.807, 2.05) is 31.2 Å². The van der Waals surface area contributed by atoms with Crippen molar-refractivity contribution >= 4 is 23.2 Å². The minimum absolute atomic E-state index is 0.283. The molecule has 5 atom stereocenters. The molecule has 5 heteroatoms. The number of rotatable bonds is 8. The van der Waals surface area contributed by atoms with Crippen LogP contribution in [0.25, 0.3) is 0 Å². The van der Waals surface area contributed by atoms with Gasteiger partial charge in [0, 0.05) is 42.1 Å². The zero-order valence-corrected chi connectivity index (χ0v) is 28.3. The molecule has 238 valence electrons. The Morgan fingerprint density at radius 1 is 0.644 bits per heavy atom. The fourth-order valence-corrected chi connectivity index (χ4v) is 7.54. The van der Waals surface area contributed by atoms with Gasteiger partial charge in [-0.15, -0.1) is 0 Å². The molecule has 2 fully saturated rings. The number of aliphatic hydroxyl groups excluding tert-OH is 1. The predicted molar refractivity (Wildman–Crippen MR) is 190 cm³/mol. The van der Waals surface area contributed by atoms with Gasteiger partial charge in [-0.25, -0.2) is 0 Å². The van der Waals surface area contributed by atoms with E-state index in [-0.39, 0.29) is 6.10 Å². The van der Waals surface area contributed by atoms with Crippen molar-refractivity contribution in [1.82, 2.24) is 9.80 Å². The minimum atomic E-state index is -0.283. The number of likely N-dealkylation sites (tertiary alicyclic amines) is 2. The van der Waals surface area contributed by atoms with Gasteiger partial charge in [-0.05, 0) is 97.1 Å². The molecule has 0 bridgehead atoms. The lowest BCUT2D eigenvalue weighted by Gasteiger charge is -2.40. The van der Waals surface area contributed by atoms with Crippen LogP contribution in [0.2, 0.25) is 10.0 Å². The third-order valence-electron chi connectivity index (χ3n) is 9.83. The van der Waals surface area contributed by atoms with Crippen molar-refractivity contribution in [2.45, 2.75) is 64.1 Å². The minimum Gasteiger partial charge on any atom is -0.393 e. The number of benzene rings is 4. The monoisotopic (exact) mass is 642 g/mol. The summed E-state index contributed by atoms with van der Waals surface area (Å²) in [5.41, 5.74) is 5.47. The third kappa shape index (κ3) is 9.67. The number of hydrogen-bond acceptors (Lipinski definition) is 3. The van der Waals surface area contributed by atoms with Crippen molar-refractivity contribution in [3.63, 3.8) is 0 Å². The fraction of sp³-hybridized carbons (Fsp3) is 0.400. The number of halogens is 2. The molecule has 3 unspecified atom stereocenters. The summed E-state index contributed by atoms with van der Waals surface area (Å²) >= 11 is 12.1. The lowest BCUT2D eigenvalue weighted by atomic mass is 9.78. The highest BCUT2D eigenvalue weighted by Gasteiger charge is 2.33. The van der Waals surface area contributed by atoms with E-state index in [0.717, 1.165) is 55.1 Å². The van der Waals surface area contributed by atoms with Crippen LogP contribution >= 0.6 is 23.2 Å². The van der Waals surface area contributed by atoms with Crippen LogP contribution in [-0.4, -0.2) is 47.2 Å². The molecule has 2 aliphatic rings. The standard InChI is InChI=1S/C20H24ClNO.C20H24ClN/c1-15(23)19-11-12-22(13-16-5-3-2-4-6-16)14-20(19)17-7-9-18(21)10-8-17;1-2-17-12-13-22(14-16-6-4-3-5-7-16)15-20(17)18-8-10-19(21)11-9-18/h2-10,15,19-20,23H,11-14H2,1H3;3-11,17,20H,2,12-15H2,1H3/t15?,19?,20-;17?,20-/m10/s1. The summed E-state index contributed by atoms with van der Waals surface area (Å²) in [6.07, 6.45) is 3.29. The van der Waals surface area contributed by atoms with E-state index in [1.54, 1.807) is 0 Å². The van der Waals surface area contributed by atoms with E-state index in [4.69, 9.17) is 23.2 Å². The zero-order chi connectivity index (χ0) is 31.6. The smallest absolute Gasteiger partial charge is 0.0547 e. The second kappa shape index (κ2) is 16.8. The van der Waals surface area contributed by atoms with E-state index in [1.165, 1.54) is 41.6 Å². The highest BCUT2D eigenvalue weighted by atomic mass is 35.5. The van der Waals surface area contributed by atoms with Crippen LogP contribution < -0.4 is 0 Å². The van der Waals surface area contributed by atoms with Crippen molar-refractivity contribution in [2.75, 3.05) is 26.2 Å². The molecule has 2 heterocycles. The van der Waals surface area contributed by atoms with Gasteiger partial charge in [0.25, 0.3) is 0 Å². The SMILES string of the molecule is CC(O)C1CCN(Cc2ccccc2)C[C@@H]1c1ccc(Cl)cc1.CCC1CCN(Cc2ccccc2)C[C@@H]1c1ccc(Cl)cc1. The van der Waals surface area contributed by atoms with Gasteiger partial charge >= 0.3 is 0 Å². The summed E-state index contributed by atoms with van der Waals surface area (Å²) in [6.45, 7) is 10.6. The van der Waals surface area contributed by atoms with Gasteiger partial charge in [-0.2, -0.15) is 0 Å². The molecule has 1 N–H and O–H groups in total. The van der Waals surface area contributed by atoms with Gasteiger partial charge in [-0.3, -0.25) is 9.80 Å². The molecule has 0 aliphatic carbocycles. The van der Waals surface area contributed by atoms with Crippen LogP contribution in [0.4, 0.5) is 0 Å². The average molecular weight is 644 g/mol. The Kier molecular flexibility index (Phi) is 12.6. The maximum absolute atomic E-state index is 10.2. The maximum atomic E-state index is 10.2. The number of hydrogen-bond donors (Lipinski definition) is 1. The van der Waals surface area contributed by atoms with Crippen LogP contribution in [0.5, 0.6) is 0 Å². The Labute approximate surface area is 280 Å². The van der Waals surface area contributed by atoms with Crippen LogP contribution in [0.3, 0.4) is 0 Å². The van der Waals surface area contributed by atoms with Crippen molar-refractivity contribution in [3.05, 3.63) is 141 Å². The topological polar surface area (TPSA) is 26.7 Å². The molecule has 0 spiro atoms. The van der Waals surface area contributed by atoms with Gasteiger partial charge in [0.1, 0.15) is 0 Å². The van der Waals surface area contributed by atoms with Crippen LogP contribution in [0, 0.1) is 11.8 Å². The van der Waals surface area contributed by atoms with Crippen LogP contribution in [0.15, 0.2) is 109 Å². The zero-order valence-electron chi connectivity index (χ0n) is 26.7. The summed E-state index contributed by atoms with van der Waals surface area (Å²) in [5, 5.41) is 11.8. The van der Waals surface area contributed by atoms with Gasteiger partial charge in [0.15, 0.2) is 0 Å². The molecule has 45 heavy (non-hydrogen) atoms. The third-order valence-corrected chi connectivity index (χ3v) is 10.3. The molecule has 4 aromatic rings. The van der Waals surface area contributed by atoms with E-state index in [0.29, 0.717) is 17.8 Å². The number of piperidine rings is 2. The van der Waals surface area contributed by atoms with E-state index in [9.17, 15) is 5.11 Å². The molecular formula is C40H48Cl2N2O. The van der Waals surface area contributed by atoms with E-state index in [2.05, 4.69) is 102 Å². The molecule has 3 nitrogen and oxygen atoms in total. The summed E-state index contributed by atoms with van der Waals surface area (Å²) in [5.74, 6) is 2.07. The number of nitrogens with zero attached hydrogens (tertiary/aromatic N) is 2. The number of aliphatic hydroxyl groups is 1. The Bertz CT molecular complexity index is 1410. The molecule has 2 aliphatic heterocycles. The Hall–Kier alpha value is -2.66. The van der Waals surface area contributed by atoms with Crippen molar-refractivity contribution < 1.29 is 5.11 Å². The Morgan fingerprint density at radius 2 is 1.09 bits per heavy atom. The van der Waals surface area contributed by atoms with Crippen LogP contribution in [-0.2, 0) is 13.1 Å². The summed E-state index contributed by atoms with van der Waals surface area (Å²) in [6, 6.07) is 38.0. The molecular weight excluding hydrogens is 595 g/mol. The molecule has 0 aromatic heterocycles. The molecule has 0 amide bonds. The highest BCUT2D eigenvalue weighted by Crippen LogP contribution is 2.37.